The number of nitrogens with one attached hydrogen (secondary N) is 3. The van der Waals surface area contributed by atoms with Crippen molar-refractivity contribution in [3.63, 3.8) is 0 Å². The van der Waals surface area contributed by atoms with Crippen LogP contribution in [0.25, 0.3) is 10.9 Å². The van der Waals surface area contributed by atoms with Gasteiger partial charge in [-0.05, 0) is 23.8 Å². The first-order valence-corrected chi connectivity index (χ1v) is 10.2. The molecule has 0 atom stereocenters. The third-order valence-electron chi connectivity index (χ3n) is 3.98. The maximum absolute atomic E-state index is 12.7. The Morgan fingerprint density at radius 1 is 1.14 bits per heavy atom. The van der Waals surface area contributed by atoms with Crippen LogP contribution in [0.3, 0.4) is 0 Å². The van der Waals surface area contributed by atoms with Crippen molar-refractivity contribution in [2.24, 2.45) is 5.73 Å². The third-order valence-corrected chi connectivity index (χ3v) is 5.67. The van der Waals surface area contributed by atoms with Crippen LogP contribution in [0.1, 0.15) is 5.56 Å². The number of ether oxygens (including phenoxy) is 1. The minimum absolute atomic E-state index is 0.0549. The molecule has 2 aromatic carbocycles. The van der Waals surface area contributed by atoms with E-state index in [2.05, 4.69) is 19.8 Å². The lowest BCUT2D eigenvalue weighted by atomic mass is 10.2. The number of hydrogen-bond acceptors (Lipinski definition) is 5. The van der Waals surface area contributed by atoms with E-state index in [1.807, 2.05) is 0 Å². The maximum atomic E-state index is 12.7. The van der Waals surface area contributed by atoms with Gasteiger partial charge in [0.2, 0.25) is 0 Å². The molecule has 0 spiro atoms. The molecule has 152 valence electrons. The average Bonchev–Trinajstić information content (AvgIpc) is 3.07. The number of halogens is 1. The topological polar surface area (TPSA) is 143 Å². The molecule has 0 saturated carbocycles. The van der Waals surface area contributed by atoms with Crippen LogP contribution >= 0.6 is 11.6 Å². The number of sulfonamides is 1. The minimum Gasteiger partial charge on any atom is -0.440 e. The highest BCUT2D eigenvalue weighted by atomic mass is 35.5. The second-order valence-electron chi connectivity index (χ2n) is 6.00. The Morgan fingerprint density at radius 2 is 1.86 bits per heavy atom. The molecule has 0 saturated heterocycles. The number of amides is 2. The Balaban J connectivity index is 1.68. The first-order valence-electron chi connectivity index (χ1n) is 8.32. The molecule has 1 heterocycles. The van der Waals surface area contributed by atoms with Crippen molar-refractivity contribution < 1.29 is 22.7 Å². The summed E-state index contributed by atoms with van der Waals surface area (Å²) < 4.78 is 32.3. The first kappa shape index (κ1) is 20.5. The van der Waals surface area contributed by atoms with Crippen molar-refractivity contribution in [1.82, 2.24) is 10.3 Å². The van der Waals surface area contributed by atoms with Crippen molar-refractivity contribution in [1.29, 1.82) is 0 Å². The Labute approximate surface area is 171 Å². The summed E-state index contributed by atoms with van der Waals surface area (Å²) in [7, 11) is -3.83. The maximum Gasteiger partial charge on any atom is 0.405 e. The molecule has 3 aromatic rings. The van der Waals surface area contributed by atoms with Crippen LogP contribution in [0.2, 0.25) is 5.02 Å². The zero-order valence-electron chi connectivity index (χ0n) is 14.9. The Kier molecular flexibility index (Phi) is 5.95. The van der Waals surface area contributed by atoms with Crippen molar-refractivity contribution in [3.8, 4) is 0 Å². The number of carbonyl (C=O) groups excluding carboxylic acids is 2. The van der Waals surface area contributed by atoms with E-state index in [4.69, 9.17) is 17.3 Å². The number of H-pyrrole nitrogens is 1. The van der Waals surface area contributed by atoms with Gasteiger partial charge in [0.1, 0.15) is 0 Å². The summed E-state index contributed by atoms with van der Waals surface area (Å²) in [6, 6.07) is 11.1. The first-order chi connectivity index (χ1) is 13.8. The Morgan fingerprint density at radius 3 is 2.55 bits per heavy atom. The molecule has 0 aliphatic heterocycles. The van der Waals surface area contributed by atoms with Gasteiger partial charge in [0.25, 0.3) is 15.9 Å². The van der Waals surface area contributed by atoms with Crippen molar-refractivity contribution >= 4 is 50.2 Å². The highest BCUT2D eigenvalue weighted by Crippen LogP contribution is 2.29. The van der Waals surface area contributed by atoms with Crippen LogP contribution in [0.15, 0.2) is 53.6 Å². The number of rotatable bonds is 7. The number of aromatic nitrogens is 1. The number of primary amides is 1. The van der Waals surface area contributed by atoms with E-state index in [0.717, 1.165) is 0 Å². The van der Waals surface area contributed by atoms with Crippen LogP contribution in [-0.4, -0.2) is 32.0 Å². The van der Waals surface area contributed by atoms with E-state index in [9.17, 15) is 18.0 Å². The number of anilines is 1. The number of aromatic amines is 1. The quantitative estimate of drug-likeness (QED) is 0.449. The number of benzene rings is 2. The van der Waals surface area contributed by atoms with Crippen molar-refractivity contribution in [2.75, 3.05) is 11.3 Å². The van der Waals surface area contributed by atoms with Crippen molar-refractivity contribution in [3.05, 3.63) is 59.2 Å². The molecule has 29 heavy (non-hydrogen) atoms. The lowest BCUT2D eigenvalue weighted by molar-refractivity contribution is -0.124. The van der Waals surface area contributed by atoms with Crippen molar-refractivity contribution in [2.45, 2.75) is 11.4 Å². The summed E-state index contributed by atoms with van der Waals surface area (Å²) in [6.07, 6.45) is 0.543. The average molecular weight is 437 g/mol. The van der Waals surface area contributed by atoms with Gasteiger partial charge in [-0.25, -0.2) is 13.2 Å². The molecule has 0 unspecified atom stereocenters. The van der Waals surface area contributed by atoms with Gasteiger partial charge in [0.05, 0.1) is 21.1 Å². The molecule has 3 rings (SSSR count). The van der Waals surface area contributed by atoms with E-state index < -0.39 is 28.6 Å². The minimum atomic E-state index is -3.83. The molecule has 11 heteroatoms. The fourth-order valence-corrected chi connectivity index (χ4v) is 3.87. The normalized spacial score (nSPS) is 11.2. The predicted molar refractivity (Wildman–Crippen MR) is 108 cm³/mol. The highest BCUT2D eigenvalue weighted by Gasteiger charge is 2.16. The van der Waals surface area contributed by atoms with Crippen LogP contribution in [-0.2, 0) is 26.1 Å². The van der Waals surface area contributed by atoms with Gasteiger partial charge in [0.15, 0.2) is 6.61 Å². The van der Waals surface area contributed by atoms with Gasteiger partial charge < -0.3 is 20.8 Å². The molecule has 0 radical (unpaired) electrons. The van der Waals surface area contributed by atoms with Crippen LogP contribution in [0.4, 0.5) is 10.5 Å². The van der Waals surface area contributed by atoms with Gasteiger partial charge in [-0.1, -0.05) is 35.9 Å². The second-order valence-corrected chi connectivity index (χ2v) is 8.09. The van der Waals surface area contributed by atoms with E-state index in [1.54, 1.807) is 36.5 Å². The number of nitrogens with two attached hydrogens (primary N) is 1. The molecule has 0 aliphatic carbocycles. The summed E-state index contributed by atoms with van der Waals surface area (Å²) in [5.41, 5.74) is 6.40. The second kappa shape index (κ2) is 8.41. The van der Waals surface area contributed by atoms with Gasteiger partial charge in [-0.15, -0.1) is 0 Å². The summed E-state index contributed by atoms with van der Waals surface area (Å²) in [5, 5.41) is 3.72. The number of hydrogen-bond donors (Lipinski definition) is 4. The number of carbonyl (C=O) groups is 2. The molecule has 0 aliphatic rings. The predicted octanol–water partition coefficient (Wildman–Crippen LogP) is 2.33. The standard InChI is InChI=1S/C18H17ClN4O5S/c19-14-9-22-17-13(14)2-1-3-15(17)23-29(26,27)12-6-4-11(5-7-12)8-21-16(24)10-28-18(20)25/h1-7,9,22-23H,8,10H2,(H2,20,25)(H,21,24). The molecule has 0 fully saturated rings. The molecule has 5 N–H and O–H groups in total. The summed E-state index contributed by atoms with van der Waals surface area (Å²) in [5.74, 6) is -0.528. The fraction of sp³-hybridized carbons (Fsp3) is 0.111. The molecular weight excluding hydrogens is 420 g/mol. The van der Waals surface area contributed by atoms with Gasteiger partial charge in [-0.3, -0.25) is 9.52 Å². The Hall–Kier alpha value is -3.24. The van der Waals surface area contributed by atoms with Gasteiger partial charge in [-0.2, -0.15) is 0 Å². The lowest BCUT2D eigenvalue weighted by Gasteiger charge is -2.10. The summed E-state index contributed by atoms with van der Waals surface area (Å²) in [4.78, 5) is 25.0. The van der Waals surface area contributed by atoms with E-state index in [0.29, 0.717) is 27.2 Å². The molecule has 2 amide bonds. The van der Waals surface area contributed by atoms with Crippen LogP contribution < -0.4 is 15.8 Å². The third kappa shape index (κ3) is 4.98. The van der Waals surface area contributed by atoms with E-state index >= 15 is 0 Å². The highest BCUT2D eigenvalue weighted by molar-refractivity contribution is 7.92. The van der Waals surface area contributed by atoms with E-state index in [1.165, 1.54) is 12.1 Å². The zero-order chi connectivity index (χ0) is 21.0. The SMILES string of the molecule is NC(=O)OCC(=O)NCc1ccc(S(=O)(=O)Nc2cccc3c(Cl)c[nH]c23)cc1. The molecule has 0 bridgehead atoms. The summed E-state index contributed by atoms with van der Waals surface area (Å²) >= 11 is 6.07. The molecular formula is C18H17ClN4O5S. The number of para-hydroxylation sites is 1. The molecule has 9 nitrogen and oxygen atoms in total. The largest absolute Gasteiger partial charge is 0.440 e. The molecule has 1 aromatic heterocycles. The zero-order valence-corrected chi connectivity index (χ0v) is 16.5. The van der Waals surface area contributed by atoms with Gasteiger partial charge >= 0.3 is 6.09 Å². The van der Waals surface area contributed by atoms with Crippen LogP contribution in [0.5, 0.6) is 0 Å². The van der Waals surface area contributed by atoms with Crippen LogP contribution in [0, 0.1) is 0 Å². The van der Waals surface area contributed by atoms with E-state index in [-0.39, 0.29) is 11.4 Å². The smallest absolute Gasteiger partial charge is 0.405 e. The van der Waals surface area contributed by atoms with Gasteiger partial charge in [0, 0.05) is 18.1 Å². The monoisotopic (exact) mass is 436 g/mol. The number of fused-ring (bicyclic) bond motifs is 1. The summed E-state index contributed by atoms with van der Waals surface area (Å²) in [6.45, 7) is -0.352. The lowest BCUT2D eigenvalue weighted by Crippen LogP contribution is -2.29. The Bertz CT molecular complexity index is 1160. The fourth-order valence-electron chi connectivity index (χ4n) is 2.58.